The minimum absolute atomic E-state index is 0.0208. The first-order chi connectivity index (χ1) is 3.72. The first-order valence-electron chi connectivity index (χ1n) is 2.72. The zero-order valence-corrected chi connectivity index (χ0v) is 4.35. The summed E-state index contributed by atoms with van der Waals surface area (Å²) < 4.78 is 0. The summed E-state index contributed by atoms with van der Waals surface area (Å²) in [7, 11) is 0. The van der Waals surface area contributed by atoms with E-state index in [0.717, 1.165) is 0 Å². The highest BCUT2D eigenvalue weighted by molar-refractivity contribution is 5.86. The van der Waals surface area contributed by atoms with Gasteiger partial charge in [0.2, 0.25) is 5.91 Å². The summed E-state index contributed by atoms with van der Waals surface area (Å²) in [5.41, 5.74) is -0.628. The van der Waals surface area contributed by atoms with Crippen LogP contribution in [0.2, 0.25) is 0 Å². The summed E-state index contributed by atoms with van der Waals surface area (Å²) in [6.45, 7) is 0.469. The molecular formula is C5H7NO2. The van der Waals surface area contributed by atoms with Crippen molar-refractivity contribution in [3.63, 3.8) is 0 Å². The molecule has 1 saturated carbocycles. The highest BCUT2D eigenvalue weighted by Gasteiger charge is 2.61. The second kappa shape index (κ2) is 0.910. The Bertz CT molecular complexity index is 157. The molecule has 1 heterocycles. The van der Waals surface area contributed by atoms with E-state index in [1.165, 1.54) is 0 Å². The molecule has 2 fully saturated rings. The van der Waals surface area contributed by atoms with Crippen LogP contribution in [0, 0.1) is 5.92 Å². The summed E-state index contributed by atoms with van der Waals surface area (Å²) in [5.74, 6) is -0.0463. The van der Waals surface area contributed by atoms with Crippen molar-refractivity contribution in [2.45, 2.75) is 12.0 Å². The van der Waals surface area contributed by atoms with Gasteiger partial charge in [0.05, 0.1) is 11.5 Å². The summed E-state index contributed by atoms with van der Waals surface area (Å²) in [6, 6.07) is 0. The third kappa shape index (κ3) is 0.314. The number of nitrogens with one attached hydrogen (secondary N) is 1. The van der Waals surface area contributed by atoms with Gasteiger partial charge in [-0.05, 0) is 6.42 Å². The molecule has 3 nitrogen and oxygen atoms in total. The van der Waals surface area contributed by atoms with Gasteiger partial charge in [0.15, 0.2) is 0 Å². The number of carbonyl (C=O) groups is 1. The van der Waals surface area contributed by atoms with Crippen LogP contribution in [0.15, 0.2) is 0 Å². The Hall–Kier alpha value is -0.570. The number of rotatable bonds is 0. The summed E-state index contributed by atoms with van der Waals surface area (Å²) in [4.78, 5) is 10.5. The minimum atomic E-state index is -0.628. The van der Waals surface area contributed by atoms with Crippen molar-refractivity contribution in [1.29, 1.82) is 0 Å². The Morgan fingerprint density at radius 3 is 2.75 bits per heavy atom. The van der Waals surface area contributed by atoms with Gasteiger partial charge in [-0.1, -0.05) is 0 Å². The van der Waals surface area contributed by atoms with Gasteiger partial charge in [-0.15, -0.1) is 0 Å². The standard InChI is InChI=1S/C5H7NO2/c7-4-3-1-5(3,8)2-6-4/h3,8H,1-2H2,(H,6,7). The third-order valence-electron chi connectivity index (χ3n) is 1.93. The van der Waals surface area contributed by atoms with Crippen LogP contribution in [-0.2, 0) is 4.79 Å². The van der Waals surface area contributed by atoms with Gasteiger partial charge >= 0.3 is 0 Å². The van der Waals surface area contributed by atoms with Crippen molar-refractivity contribution in [1.82, 2.24) is 5.32 Å². The maximum atomic E-state index is 10.5. The fraction of sp³-hybridized carbons (Fsp3) is 0.800. The average molecular weight is 113 g/mol. The number of hydrogen-bond acceptors (Lipinski definition) is 2. The number of aliphatic hydroxyl groups is 1. The zero-order valence-electron chi connectivity index (χ0n) is 4.35. The number of hydrogen-bond donors (Lipinski definition) is 2. The molecule has 2 rings (SSSR count). The van der Waals surface area contributed by atoms with Crippen LogP contribution in [-0.4, -0.2) is 23.2 Å². The molecule has 0 aromatic heterocycles. The SMILES string of the molecule is O=C1NCC2(O)CC12. The van der Waals surface area contributed by atoms with Crippen molar-refractivity contribution in [2.75, 3.05) is 6.54 Å². The normalized spacial score (nSPS) is 50.6. The molecule has 1 aliphatic heterocycles. The Morgan fingerprint density at radius 2 is 2.62 bits per heavy atom. The first kappa shape index (κ1) is 4.32. The number of amides is 1. The van der Waals surface area contributed by atoms with Crippen LogP contribution in [0.25, 0.3) is 0 Å². The summed E-state index contributed by atoms with van der Waals surface area (Å²) >= 11 is 0. The van der Waals surface area contributed by atoms with Gasteiger partial charge in [-0.3, -0.25) is 4.79 Å². The molecule has 0 aromatic rings. The van der Waals surface area contributed by atoms with E-state index in [9.17, 15) is 4.79 Å². The van der Waals surface area contributed by atoms with Crippen molar-refractivity contribution in [2.24, 2.45) is 5.92 Å². The van der Waals surface area contributed by atoms with Gasteiger partial charge in [-0.25, -0.2) is 0 Å². The van der Waals surface area contributed by atoms with E-state index in [0.29, 0.717) is 13.0 Å². The molecule has 3 heteroatoms. The van der Waals surface area contributed by atoms with Crippen LogP contribution in [0.5, 0.6) is 0 Å². The molecule has 2 N–H and O–H groups in total. The second-order valence-electron chi connectivity index (χ2n) is 2.58. The molecule has 1 aliphatic carbocycles. The molecule has 2 unspecified atom stereocenters. The lowest BCUT2D eigenvalue weighted by molar-refractivity contribution is -0.121. The molecule has 0 bridgehead atoms. The molecular weight excluding hydrogens is 106 g/mol. The molecule has 1 amide bonds. The summed E-state index contributed by atoms with van der Waals surface area (Å²) in [5, 5.41) is 11.7. The molecule has 2 aliphatic rings. The fourth-order valence-corrected chi connectivity index (χ4v) is 1.19. The monoisotopic (exact) mass is 113 g/mol. The van der Waals surface area contributed by atoms with Crippen molar-refractivity contribution < 1.29 is 9.90 Å². The van der Waals surface area contributed by atoms with E-state index in [1.807, 2.05) is 0 Å². The number of fused-ring (bicyclic) bond motifs is 1. The molecule has 2 atom stereocenters. The largest absolute Gasteiger partial charge is 0.387 e. The van der Waals surface area contributed by atoms with Gasteiger partial charge in [-0.2, -0.15) is 0 Å². The van der Waals surface area contributed by atoms with Crippen LogP contribution in [0.4, 0.5) is 0 Å². The lowest BCUT2D eigenvalue weighted by atomic mass is 10.3. The smallest absolute Gasteiger partial charge is 0.226 e. The minimum Gasteiger partial charge on any atom is -0.387 e. The number of carbonyl (C=O) groups excluding carboxylic acids is 1. The number of β-amino-alcohol motifs (C(OH)–C–C–N with tert-alkyl or cyclic N) is 1. The fourth-order valence-electron chi connectivity index (χ4n) is 1.19. The Labute approximate surface area is 46.7 Å². The van der Waals surface area contributed by atoms with E-state index in [-0.39, 0.29) is 11.8 Å². The van der Waals surface area contributed by atoms with Crippen molar-refractivity contribution in [3.05, 3.63) is 0 Å². The van der Waals surface area contributed by atoms with Gasteiger partial charge in [0, 0.05) is 6.54 Å². The molecule has 0 radical (unpaired) electrons. The highest BCUT2D eigenvalue weighted by atomic mass is 16.3. The molecule has 8 heavy (non-hydrogen) atoms. The summed E-state index contributed by atoms with van der Waals surface area (Å²) in [6.07, 6.45) is 0.679. The van der Waals surface area contributed by atoms with Crippen LogP contribution in [0.1, 0.15) is 6.42 Å². The molecule has 0 aromatic carbocycles. The van der Waals surface area contributed by atoms with Gasteiger partial charge in [0.1, 0.15) is 0 Å². The predicted octanol–water partition coefficient (Wildman–Crippen LogP) is -1.13. The molecule has 0 spiro atoms. The lowest BCUT2D eigenvalue weighted by Gasteiger charge is -1.97. The van der Waals surface area contributed by atoms with Gasteiger partial charge in [0.25, 0.3) is 0 Å². The maximum absolute atomic E-state index is 10.5. The van der Waals surface area contributed by atoms with E-state index >= 15 is 0 Å². The lowest BCUT2D eigenvalue weighted by Crippen LogP contribution is -2.22. The Morgan fingerprint density at radius 1 is 1.88 bits per heavy atom. The zero-order chi connectivity index (χ0) is 5.78. The maximum Gasteiger partial charge on any atom is 0.226 e. The van der Waals surface area contributed by atoms with E-state index < -0.39 is 5.60 Å². The van der Waals surface area contributed by atoms with Crippen LogP contribution < -0.4 is 5.32 Å². The van der Waals surface area contributed by atoms with Crippen molar-refractivity contribution in [3.8, 4) is 0 Å². The molecule has 1 saturated heterocycles. The van der Waals surface area contributed by atoms with E-state index in [2.05, 4.69) is 5.32 Å². The topological polar surface area (TPSA) is 49.3 Å². The van der Waals surface area contributed by atoms with Crippen LogP contribution in [0.3, 0.4) is 0 Å². The Kier molecular flexibility index (Phi) is 0.492. The van der Waals surface area contributed by atoms with E-state index in [4.69, 9.17) is 5.11 Å². The quantitative estimate of drug-likeness (QED) is 0.417. The second-order valence-corrected chi connectivity index (χ2v) is 2.58. The molecule has 44 valence electrons. The number of piperidine rings is 1. The predicted molar refractivity (Wildman–Crippen MR) is 26.1 cm³/mol. The highest BCUT2D eigenvalue weighted by Crippen LogP contribution is 2.46. The van der Waals surface area contributed by atoms with Crippen molar-refractivity contribution >= 4 is 5.91 Å². The Balaban J connectivity index is 2.26. The third-order valence-corrected chi connectivity index (χ3v) is 1.93. The van der Waals surface area contributed by atoms with Crippen LogP contribution >= 0.6 is 0 Å². The van der Waals surface area contributed by atoms with Gasteiger partial charge < -0.3 is 10.4 Å². The average Bonchev–Trinajstić information content (AvgIpc) is 2.32. The first-order valence-corrected chi connectivity index (χ1v) is 2.72. The van der Waals surface area contributed by atoms with E-state index in [1.54, 1.807) is 0 Å².